The molecule has 30 heavy (non-hydrogen) atoms. The van der Waals surface area contributed by atoms with Crippen molar-refractivity contribution >= 4 is 12.1 Å². The number of aromatic nitrogens is 2. The number of hydrogen-bond donors (Lipinski definition) is 1. The average Bonchev–Trinajstić information content (AvgIpc) is 3.15. The van der Waals surface area contributed by atoms with E-state index in [1.807, 2.05) is 55.8 Å². The highest BCUT2D eigenvalue weighted by Gasteiger charge is 2.39. The van der Waals surface area contributed by atoms with Crippen LogP contribution >= 0.6 is 0 Å². The van der Waals surface area contributed by atoms with Crippen molar-refractivity contribution in [2.75, 3.05) is 0 Å². The first-order chi connectivity index (χ1) is 14.3. The number of nitrogens with two attached hydrogens (primary N) is 1. The summed E-state index contributed by atoms with van der Waals surface area (Å²) in [6, 6.07) is 13.6. The van der Waals surface area contributed by atoms with E-state index in [9.17, 15) is 9.18 Å². The normalized spacial score (nSPS) is 15.7. The minimum Gasteiger partial charge on any atom is -0.320 e. The molecular weight excluding hydrogens is 379 g/mol. The quantitative estimate of drug-likeness (QED) is 0.713. The minimum atomic E-state index is -0.686. The van der Waals surface area contributed by atoms with E-state index in [1.54, 1.807) is 29.4 Å². The average molecular weight is 404 g/mol. The standard InChI is InChI=1S/C24H25FN4O/c1-16-4-6-17(7-5-16)14-20(26)22(30)29-13-12-28-15-21(27-23(28)24(29,2)3)18-8-10-19(25)11-9-18/h4-13,15,20H,14,26H2,1-3H3. The molecule has 0 fully saturated rings. The summed E-state index contributed by atoms with van der Waals surface area (Å²) in [5.41, 5.74) is 9.33. The number of benzene rings is 2. The van der Waals surface area contributed by atoms with Crippen LogP contribution in [0.3, 0.4) is 0 Å². The third-order valence-electron chi connectivity index (χ3n) is 5.53. The molecule has 2 aromatic carbocycles. The van der Waals surface area contributed by atoms with Gasteiger partial charge in [-0.05, 0) is 57.0 Å². The second-order valence-corrected chi connectivity index (χ2v) is 8.23. The van der Waals surface area contributed by atoms with Crippen molar-refractivity contribution in [2.45, 2.75) is 38.8 Å². The van der Waals surface area contributed by atoms with Gasteiger partial charge in [-0.3, -0.25) is 4.79 Å². The molecule has 0 spiro atoms. The Labute approximate surface area is 175 Å². The highest BCUT2D eigenvalue weighted by molar-refractivity contribution is 5.84. The van der Waals surface area contributed by atoms with Crippen molar-refractivity contribution in [3.05, 3.63) is 83.7 Å². The molecule has 2 N–H and O–H groups in total. The zero-order valence-corrected chi connectivity index (χ0v) is 17.3. The number of rotatable bonds is 4. The van der Waals surface area contributed by atoms with Crippen LogP contribution < -0.4 is 5.73 Å². The third kappa shape index (κ3) is 3.66. The van der Waals surface area contributed by atoms with E-state index in [1.165, 1.54) is 17.7 Å². The summed E-state index contributed by atoms with van der Waals surface area (Å²) in [5, 5.41) is 0. The van der Waals surface area contributed by atoms with Gasteiger partial charge in [-0.15, -0.1) is 0 Å². The van der Waals surface area contributed by atoms with Crippen LogP contribution in [-0.2, 0) is 16.8 Å². The number of carbonyl (C=O) groups is 1. The second-order valence-electron chi connectivity index (χ2n) is 8.23. The van der Waals surface area contributed by atoms with Crippen LogP contribution in [0.5, 0.6) is 0 Å². The summed E-state index contributed by atoms with van der Waals surface area (Å²) in [6.45, 7) is 5.92. The van der Waals surface area contributed by atoms with Crippen LogP contribution in [0, 0.1) is 12.7 Å². The number of halogens is 1. The minimum absolute atomic E-state index is 0.158. The Kier molecular flexibility index (Phi) is 5.03. The zero-order valence-electron chi connectivity index (χ0n) is 17.3. The van der Waals surface area contributed by atoms with Gasteiger partial charge in [-0.2, -0.15) is 0 Å². The molecule has 3 aromatic rings. The van der Waals surface area contributed by atoms with Gasteiger partial charge in [0.15, 0.2) is 0 Å². The number of hydrogen-bond acceptors (Lipinski definition) is 3. The summed E-state index contributed by atoms with van der Waals surface area (Å²) in [4.78, 5) is 19.6. The van der Waals surface area contributed by atoms with E-state index in [0.29, 0.717) is 6.42 Å². The molecule has 0 bridgehead atoms. The fraction of sp³-hybridized carbons (Fsp3) is 0.250. The van der Waals surface area contributed by atoms with E-state index >= 15 is 0 Å². The first-order valence-corrected chi connectivity index (χ1v) is 9.93. The molecule has 0 saturated carbocycles. The predicted molar refractivity (Wildman–Crippen MR) is 116 cm³/mol. The molecule has 154 valence electrons. The fourth-order valence-electron chi connectivity index (χ4n) is 3.75. The Bertz CT molecular complexity index is 1100. The maximum Gasteiger partial charge on any atom is 0.244 e. The summed E-state index contributed by atoms with van der Waals surface area (Å²) in [6.07, 6.45) is 5.90. The van der Waals surface area contributed by atoms with Gasteiger partial charge in [0.05, 0.1) is 11.7 Å². The Morgan fingerprint density at radius 2 is 1.77 bits per heavy atom. The van der Waals surface area contributed by atoms with E-state index in [4.69, 9.17) is 10.7 Å². The highest BCUT2D eigenvalue weighted by Crippen LogP contribution is 2.34. The summed E-state index contributed by atoms with van der Waals surface area (Å²) in [5.74, 6) is 0.275. The van der Waals surface area contributed by atoms with Crippen LogP contribution in [0.4, 0.5) is 4.39 Å². The van der Waals surface area contributed by atoms with E-state index in [2.05, 4.69) is 0 Å². The SMILES string of the molecule is Cc1ccc(CC(N)C(=O)N2C=Cn3cc(-c4ccc(F)cc4)nc3C2(C)C)cc1. The number of aryl methyl sites for hydroxylation is 1. The van der Waals surface area contributed by atoms with Crippen LogP contribution in [0.15, 0.2) is 60.9 Å². The van der Waals surface area contributed by atoms with Crippen molar-refractivity contribution in [1.82, 2.24) is 14.5 Å². The number of carbonyl (C=O) groups excluding carboxylic acids is 1. The van der Waals surface area contributed by atoms with Gasteiger partial charge in [0.25, 0.3) is 0 Å². The predicted octanol–water partition coefficient (Wildman–Crippen LogP) is 4.07. The Hall–Kier alpha value is -3.25. The molecule has 0 saturated heterocycles. The lowest BCUT2D eigenvalue weighted by molar-refractivity contribution is -0.135. The third-order valence-corrected chi connectivity index (χ3v) is 5.53. The largest absolute Gasteiger partial charge is 0.320 e. The van der Waals surface area contributed by atoms with Crippen molar-refractivity contribution in [1.29, 1.82) is 0 Å². The molecule has 6 heteroatoms. The molecule has 1 amide bonds. The summed E-state index contributed by atoms with van der Waals surface area (Å²) in [7, 11) is 0. The topological polar surface area (TPSA) is 64.2 Å². The van der Waals surface area contributed by atoms with E-state index in [-0.39, 0.29) is 11.7 Å². The summed E-state index contributed by atoms with van der Waals surface area (Å²) >= 11 is 0. The fourth-order valence-corrected chi connectivity index (χ4v) is 3.75. The molecule has 0 aliphatic carbocycles. The first kappa shape index (κ1) is 20.0. The molecule has 1 aliphatic heterocycles. The lowest BCUT2D eigenvalue weighted by Crippen LogP contribution is -2.52. The number of imidazole rings is 1. The van der Waals surface area contributed by atoms with Gasteiger partial charge >= 0.3 is 0 Å². The van der Waals surface area contributed by atoms with Crippen LogP contribution in [0.25, 0.3) is 17.5 Å². The molecule has 2 heterocycles. The van der Waals surface area contributed by atoms with Crippen molar-refractivity contribution in [2.24, 2.45) is 5.73 Å². The molecular formula is C24H25FN4O. The van der Waals surface area contributed by atoms with Crippen molar-refractivity contribution in [3.63, 3.8) is 0 Å². The maximum atomic E-state index is 13.3. The van der Waals surface area contributed by atoms with Gasteiger partial charge in [0, 0.05) is 24.2 Å². The number of nitrogens with zero attached hydrogens (tertiary/aromatic N) is 3. The molecule has 1 aliphatic rings. The molecule has 0 radical (unpaired) electrons. The zero-order chi connectivity index (χ0) is 21.5. The van der Waals surface area contributed by atoms with E-state index in [0.717, 1.165) is 22.6 Å². The van der Waals surface area contributed by atoms with Gasteiger partial charge in [0.1, 0.15) is 17.2 Å². The maximum absolute atomic E-state index is 13.3. The molecule has 1 unspecified atom stereocenters. The van der Waals surface area contributed by atoms with Crippen molar-refractivity contribution < 1.29 is 9.18 Å². The Morgan fingerprint density at radius 1 is 1.10 bits per heavy atom. The Balaban J connectivity index is 1.57. The van der Waals surface area contributed by atoms with Gasteiger partial charge < -0.3 is 15.2 Å². The van der Waals surface area contributed by atoms with Crippen LogP contribution in [0.2, 0.25) is 0 Å². The molecule has 4 rings (SSSR count). The summed E-state index contributed by atoms with van der Waals surface area (Å²) < 4.78 is 15.1. The second kappa shape index (κ2) is 7.54. The van der Waals surface area contributed by atoms with Crippen molar-refractivity contribution in [3.8, 4) is 11.3 Å². The van der Waals surface area contributed by atoms with E-state index < -0.39 is 11.6 Å². The van der Waals surface area contributed by atoms with Gasteiger partial charge in [-0.25, -0.2) is 9.37 Å². The first-order valence-electron chi connectivity index (χ1n) is 9.93. The lowest BCUT2D eigenvalue weighted by atomic mass is 9.97. The lowest BCUT2D eigenvalue weighted by Gasteiger charge is -2.39. The smallest absolute Gasteiger partial charge is 0.244 e. The molecule has 5 nitrogen and oxygen atoms in total. The molecule has 1 atom stereocenters. The highest BCUT2D eigenvalue weighted by atomic mass is 19.1. The Morgan fingerprint density at radius 3 is 2.43 bits per heavy atom. The van der Waals surface area contributed by atoms with Gasteiger partial charge in [-0.1, -0.05) is 29.8 Å². The monoisotopic (exact) mass is 404 g/mol. The number of amides is 1. The number of fused-ring (bicyclic) bond motifs is 1. The van der Waals surface area contributed by atoms with Crippen LogP contribution in [-0.4, -0.2) is 26.4 Å². The van der Waals surface area contributed by atoms with Gasteiger partial charge in [0.2, 0.25) is 5.91 Å². The molecule has 1 aromatic heterocycles. The van der Waals surface area contributed by atoms with Crippen LogP contribution in [0.1, 0.15) is 30.8 Å².